The molecule has 0 spiro atoms. The van der Waals surface area contributed by atoms with Gasteiger partial charge < -0.3 is 9.80 Å². The second kappa shape index (κ2) is 6.89. The Hall–Kier alpha value is -2.33. The second-order valence-corrected chi connectivity index (χ2v) is 6.92. The lowest BCUT2D eigenvalue weighted by atomic mass is 10.1. The van der Waals surface area contributed by atoms with Gasteiger partial charge in [0.05, 0.1) is 0 Å². The first-order valence-electron chi connectivity index (χ1n) is 8.32. The van der Waals surface area contributed by atoms with Crippen molar-refractivity contribution < 1.29 is 9.59 Å². The van der Waals surface area contributed by atoms with Crippen LogP contribution in [0.15, 0.2) is 42.5 Å². The molecule has 1 aliphatic rings. The number of rotatable bonds is 3. The Kier molecular flexibility index (Phi) is 4.82. The van der Waals surface area contributed by atoms with Crippen LogP contribution in [-0.4, -0.2) is 24.4 Å². The van der Waals surface area contributed by atoms with E-state index in [0.717, 1.165) is 17.7 Å². The van der Waals surface area contributed by atoms with Gasteiger partial charge in [-0.2, -0.15) is 0 Å². The molecule has 2 aromatic rings. The summed E-state index contributed by atoms with van der Waals surface area (Å²) in [5.41, 5.74) is 3.69. The third kappa shape index (κ3) is 3.40. The van der Waals surface area contributed by atoms with Gasteiger partial charge in [0.15, 0.2) is 0 Å². The van der Waals surface area contributed by atoms with Crippen LogP contribution in [0.5, 0.6) is 0 Å². The van der Waals surface area contributed by atoms with Gasteiger partial charge in [-0.15, -0.1) is 0 Å². The van der Waals surface area contributed by atoms with Crippen LogP contribution in [0.2, 0.25) is 5.02 Å². The van der Waals surface area contributed by atoms with E-state index in [2.05, 4.69) is 0 Å². The lowest BCUT2D eigenvalue weighted by Gasteiger charge is -2.28. The lowest BCUT2D eigenvalue weighted by Crippen LogP contribution is -2.45. The number of amides is 2. The Labute approximate surface area is 153 Å². The third-order valence-electron chi connectivity index (χ3n) is 4.60. The molecule has 2 aromatic carbocycles. The molecule has 0 N–H and O–H groups in total. The molecule has 0 saturated heterocycles. The van der Waals surface area contributed by atoms with Crippen molar-refractivity contribution in [3.05, 3.63) is 58.6 Å². The molecule has 3 rings (SSSR count). The number of anilines is 2. The summed E-state index contributed by atoms with van der Waals surface area (Å²) < 4.78 is 0. The topological polar surface area (TPSA) is 40.6 Å². The van der Waals surface area contributed by atoms with Crippen molar-refractivity contribution >= 4 is 34.8 Å². The normalized spacial score (nSPS) is 15.8. The number of hydrogen-bond acceptors (Lipinski definition) is 2. The second-order valence-electron chi connectivity index (χ2n) is 6.48. The SMILES string of the molecule is CC(=O)N(CC(=O)N1c2ccccc2CC1C)c1ccc(Cl)cc1C. The summed E-state index contributed by atoms with van der Waals surface area (Å²) in [5.74, 6) is -0.249. The summed E-state index contributed by atoms with van der Waals surface area (Å²) in [7, 11) is 0. The van der Waals surface area contributed by atoms with Gasteiger partial charge in [0.2, 0.25) is 11.8 Å². The minimum absolute atomic E-state index is 0.0104. The van der Waals surface area contributed by atoms with Crippen molar-refractivity contribution in [3.63, 3.8) is 0 Å². The fourth-order valence-electron chi connectivity index (χ4n) is 3.44. The van der Waals surface area contributed by atoms with E-state index in [4.69, 9.17) is 11.6 Å². The lowest BCUT2D eigenvalue weighted by molar-refractivity contribution is -0.121. The number of aryl methyl sites for hydroxylation is 1. The summed E-state index contributed by atoms with van der Waals surface area (Å²) in [4.78, 5) is 28.5. The Bertz CT molecular complexity index is 834. The van der Waals surface area contributed by atoms with Gasteiger partial charge in [0, 0.05) is 29.4 Å². The van der Waals surface area contributed by atoms with E-state index in [9.17, 15) is 9.59 Å². The average molecular weight is 357 g/mol. The molecular weight excluding hydrogens is 336 g/mol. The van der Waals surface area contributed by atoms with E-state index in [1.165, 1.54) is 17.4 Å². The van der Waals surface area contributed by atoms with Gasteiger partial charge in [0.25, 0.3) is 0 Å². The number of nitrogens with zero attached hydrogens (tertiary/aromatic N) is 2. The van der Waals surface area contributed by atoms with Crippen LogP contribution in [-0.2, 0) is 16.0 Å². The number of halogens is 1. The zero-order valence-corrected chi connectivity index (χ0v) is 15.4. The Morgan fingerprint density at radius 3 is 2.64 bits per heavy atom. The molecule has 0 fully saturated rings. The molecular formula is C20H21ClN2O2. The first-order chi connectivity index (χ1) is 11.9. The van der Waals surface area contributed by atoms with Gasteiger partial charge in [-0.25, -0.2) is 0 Å². The highest BCUT2D eigenvalue weighted by Gasteiger charge is 2.32. The zero-order valence-electron chi connectivity index (χ0n) is 14.6. The van der Waals surface area contributed by atoms with Crippen LogP contribution in [0, 0.1) is 6.92 Å². The third-order valence-corrected chi connectivity index (χ3v) is 4.83. The molecule has 5 heteroatoms. The van der Waals surface area contributed by atoms with Crippen LogP contribution >= 0.6 is 11.6 Å². The van der Waals surface area contributed by atoms with Gasteiger partial charge in [-0.05, 0) is 55.7 Å². The number of carbonyl (C=O) groups excluding carboxylic acids is 2. The average Bonchev–Trinajstić information content (AvgIpc) is 2.88. The number of para-hydroxylation sites is 1. The molecule has 0 saturated carbocycles. The largest absolute Gasteiger partial charge is 0.307 e. The number of fused-ring (bicyclic) bond motifs is 1. The van der Waals surface area contributed by atoms with E-state index in [-0.39, 0.29) is 24.4 Å². The van der Waals surface area contributed by atoms with Crippen molar-refractivity contribution in [2.75, 3.05) is 16.3 Å². The van der Waals surface area contributed by atoms with Gasteiger partial charge in [-0.1, -0.05) is 29.8 Å². The van der Waals surface area contributed by atoms with Gasteiger partial charge in [0.1, 0.15) is 6.54 Å². The molecule has 1 heterocycles. The van der Waals surface area contributed by atoms with Crippen molar-refractivity contribution in [1.29, 1.82) is 0 Å². The minimum atomic E-state index is -0.168. The van der Waals surface area contributed by atoms with E-state index < -0.39 is 0 Å². The van der Waals surface area contributed by atoms with Crippen LogP contribution in [0.1, 0.15) is 25.0 Å². The minimum Gasteiger partial charge on any atom is -0.307 e. The summed E-state index contributed by atoms with van der Waals surface area (Å²) >= 11 is 6.01. The highest BCUT2D eigenvalue weighted by molar-refractivity contribution is 6.30. The fraction of sp³-hybridized carbons (Fsp3) is 0.300. The smallest absolute Gasteiger partial charge is 0.247 e. The monoisotopic (exact) mass is 356 g/mol. The van der Waals surface area contributed by atoms with E-state index >= 15 is 0 Å². The fourth-order valence-corrected chi connectivity index (χ4v) is 3.67. The number of hydrogen-bond donors (Lipinski definition) is 0. The summed E-state index contributed by atoms with van der Waals surface area (Å²) in [6, 6.07) is 13.3. The van der Waals surface area contributed by atoms with Gasteiger partial charge in [-0.3, -0.25) is 9.59 Å². The van der Waals surface area contributed by atoms with Crippen LogP contribution < -0.4 is 9.80 Å². The maximum Gasteiger partial charge on any atom is 0.247 e. The predicted octanol–water partition coefficient (Wildman–Crippen LogP) is 3.98. The first-order valence-corrected chi connectivity index (χ1v) is 8.70. The van der Waals surface area contributed by atoms with E-state index in [1.54, 1.807) is 23.1 Å². The molecule has 130 valence electrons. The molecule has 0 bridgehead atoms. The van der Waals surface area contributed by atoms with E-state index in [1.807, 2.05) is 38.1 Å². The molecule has 1 unspecified atom stereocenters. The number of benzene rings is 2. The predicted molar refractivity (Wildman–Crippen MR) is 101 cm³/mol. The zero-order chi connectivity index (χ0) is 18.1. The molecule has 2 amide bonds. The van der Waals surface area contributed by atoms with E-state index in [0.29, 0.717) is 10.7 Å². The van der Waals surface area contributed by atoms with Crippen molar-refractivity contribution in [3.8, 4) is 0 Å². The molecule has 25 heavy (non-hydrogen) atoms. The summed E-state index contributed by atoms with van der Waals surface area (Å²) in [6.45, 7) is 5.40. The molecule has 1 aliphatic heterocycles. The van der Waals surface area contributed by atoms with Crippen molar-refractivity contribution in [2.24, 2.45) is 0 Å². The molecule has 0 radical (unpaired) electrons. The maximum absolute atomic E-state index is 13.0. The molecule has 0 aromatic heterocycles. The summed E-state index contributed by atoms with van der Waals surface area (Å²) in [6.07, 6.45) is 0.835. The molecule has 0 aliphatic carbocycles. The van der Waals surface area contributed by atoms with Crippen molar-refractivity contribution in [1.82, 2.24) is 0 Å². The standard InChI is InChI=1S/C20H21ClN2O2/c1-13-10-17(21)8-9-18(13)22(15(3)24)12-20(25)23-14(2)11-16-6-4-5-7-19(16)23/h4-10,14H,11-12H2,1-3H3. The highest BCUT2D eigenvalue weighted by Crippen LogP contribution is 2.32. The van der Waals surface area contributed by atoms with Crippen LogP contribution in [0.3, 0.4) is 0 Å². The summed E-state index contributed by atoms with van der Waals surface area (Å²) in [5, 5.41) is 0.609. The van der Waals surface area contributed by atoms with Crippen LogP contribution in [0.4, 0.5) is 11.4 Å². The Morgan fingerprint density at radius 2 is 1.96 bits per heavy atom. The quantitative estimate of drug-likeness (QED) is 0.834. The van der Waals surface area contributed by atoms with Gasteiger partial charge >= 0.3 is 0 Å². The van der Waals surface area contributed by atoms with Crippen molar-refractivity contribution in [2.45, 2.75) is 33.2 Å². The Balaban J connectivity index is 1.88. The molecule has 1 atom stereocenters. The Morgan fingerprint density at radius 1 is 1.24 bits per heavy atom. The number of carbonyl (C=O) groups is 2. The van der Waals surface area contributed by atoms with Crippen LogP contribution in [0.25, 0.3) is 0 Å². The molecule has 4 nitrogen and oxygen atoms in total. The highest BCUT2D eigenvalue weighted by atomic mass is 35.5. The maximum atomic E-state index is 13.0. The first kappa shape index (κ1) is 17.5.